The van der Waals surface area contributed by atoms with E-state index in [4.69, 9.17) is 4.74 Å². The van der Waals surface area contributed by atoms with Crippen LogP contribution in [0, 0.1) is 5.92 Å². The van der Waals surface area contributed by atoms with E-state index in [1.54, 1.807) is 0 Å². The van der Waals surface area contributed by atoms with E-state index < -0.39 is 5.60 Å². The lowest BCUT2D eigenvalue weighted by Gasteiger charge is -2.37. The van der Waals surface area contributed by atoms with Crippen LogP contribution in [-0.4, -0.2) is 49.0 Å². The Bertz CT molecular complexity index is 194. The molecule has 3 heteroatoms. The first-order valence-electron chi connectivity index (χ1n) is 6.17. The molecule has 0 aromatic carbocycles. The summed E-state index contributed by atoms with van der Waals surface area (Å²) in [6, 6.07) is 0. The number of nitrogens with zero attached hydrogens (tertiary/aromatic N) is 1. The van der Waals surface area contributed by atoms with Crippen LogP contribution >= 0.6 is 0 Å². The molecule has 0 amide bonds. The second-order valence-electron chi connectivity index (χ2n) is 5.29. The smallest absolute Gasteiger partial charge is 0.0694 e. The molecule has 3 nitrogen and oxygen atoms in total. The van der Waals surface area contributed by atoms with Crippen LogP contribution in [0.1, 0.15) is 32.1 Å². The van der Waals surface area contributed by atoms with Gasteiger partial charge >= 0.3 is 0 Å². The van der Waals surface area contributed by atoms with Gasteiger partial charge in [-0.15, -0.1) is 0 Å². The summed E-state index contributed by atoms with van der Waals surface area (Å²) in [6.45, 7) is 3.86. The topological polar surface area (TPSA) is 32.7 Å². The average molecular weight is 213 g/mol. The van der Waals surface area contributed by atoms with Crippen LogP contribution in [0.2, 0.25) is 0 Å². The highest BCUT2D eigenvalue weighted by Gasteiger charge is 2.33. The van der Waals surface area contributed by atoms with Gasteiger partial charge in [0.2, 0.25) is 0 Å². The summed E-state index contributed by atoms with van der Waals surface area (Å²) in [7, 11) is 2.18. The van der Waals surface area contributed by atoms with Crippen LogP contribution in [0.4, 0.5) is 0 Å². The largest absolute Gasteiger partial charge is 0.390 e. The Balaban J connectivity index is 1.80. The number of piperidine rings is 1. The lowest BCUT2D eigenvalue weighted by atomic mass is 9.80. The van der Waals surface area contributed by atoms with Crippen molar-refractivity contribution in [3.05, 3.63) is 0 Å². The lowest BCUT2D eigenvalue weighted by Crippen LogP contribution is -2.40. The van der Waals surface area contributed by atoms with Gasteiger partial charge in [-0.2, -0.15) is 0 Å². The Morgan fingerprint density at radius 2 is 1.87 bits per heavy atom. The molecule has 2 rings (SSSR count). The summed E-state index contributed by atoms with van der Waals surface area (Å²) in [5.74, 6) is 0.726. The Kier molecular flexibility index (Phi) is 3.65. The Labute approximate surface area is 92.4 Å². The molecule has 0 radical (unpaired) electrons. The lowest BCUT2D eigenvalue weighted by molar-refractivity contribution is -0.0795. The van der Waals surface area contributed by atoms with Crippen molar-refractivity contribution in [1.29, 1.82) is 0 Å². The highest BCUT2D eigenvalue weighted by Crippen LogP contribution is 2.32. The molecule has 2 aliphatic rings. The third-order valence-electron chi connectivity index (χ3n) is 3.93. The molecule has 0 aromatic heterocycles. The summed E-state index contributed by atoms with van der Waals surface area (Å²) in [6.07, 6.45) is 5.15. The average Bonchev–Trinajstić information content (AvgIpc) is 2.22. The molecule has 88 valence electrons. The predicted octanol–water partition coefficient (Wildman–Crippen LogP) is 1.26. The SMILES string of the molecule is CN1CCC(CC2(O)CCOCC2)CC1. The molecule has 0 unspecified atom stereocenters. The molecule has 0 aromatic rings. The number of hydrogen-bond acceptors (Lipinski definition) is 3. The monoisotopic (exact) mass is 213 g/mol. The van der Waals surface area contributed by atoms with Crippen molar-refractivity contribution in [1.82, 2.24) is 4.90 Å². The first kappa shape index (κ1) is 11.4. The minimum Gasteiger partial charge on any atom is -0.390 e. The third-order valence-corrected chi connectivity index (χ3v) is 3.93. The standard InChI is InChI=1S/C12H23NO2/c1-13-6-2-11(3-7-13)10-12(14)4-8-15-9-5-12/h11,14H,2-10H2,1H3. The van der Waals surface area contributed by atoms with Crippen LogP contribution in [0.25, 0.3) is 0 Å². The van der Waals surface area contributed by atoms with E-state index >= 15 is 0 Å². The van der Waals surface area contributed by atoms with Crippen LogP contribution in [0.5, 0.6) is 0 Å². The fourth-order valence-electron chi connectivity index (χ4n) is 2.76. The van der Waals surface area contributed by atoms with Gasteiger partial charge in [0.1, 0.15) is 0 Å². The van der Waals surface area contributed by atoms with Crippen LogP contribution < -0.4 is 0 Å². The van der Waals surface area contributed by atoms with E-state index in [9.17, 15) is 5.11 Å². The minimum atomic E-state index is -0.418. The van der Waals surface area contributed by atoms with Gasteiger partial charge in [0.25, 0.3) is 0 Å². The molecule has 0 aliphatic carbocycles. The number of hydrogen-bond donors (Lipinski definition) is 1. The zero-order valence-corrected chi connectivity index (χ0v) is 9.74. The maximum absolute atomic E-state index is 10.4. The van der Waals surface area contributed by atoms with Gasteiger partial charge in [0.15, 0.2) is 0 Å². The third kappa shape index (κ3) is 3.16. The van der Waals surface area contributed by atoms with E-state index in [1.165, 1.54) is 25.9 Å². The minimum absolute atomic E-state index is 0.418. The van der Waals surface area contributed by atoms with Crippen molar-refractivity contribution in [2.45, 2.75) is 37.7 Å². The van der Waals surface area contributed by atoms with E-state index in [0.717, 1.165) is 38.4 Å². The number of aliphatic hydroxyl groups is 1. The fourth-order valence-corrected chi connectivity index (χ4v) is 2.76. The van der Waals surface area contributed by atoms with Crippen molar-refractivity contribution in [2.75, 3.05) is 33.4 Å². The molecule has 2 aliphatic heterocycles. The summed E-state index contributed by atoms with van der Waals surface area (Å²) in [5, 5.41) is 10.4. The van der Waals surface area contributed by atoms with Crippen LogP contribution in [0.3, 0.4) is 0 Å². The first-order chi connectivity index (χ1) is 7.18. The van der Waals surface area contributed by atoms with Crippen molar-refractivity contribution in [2.24, 2.45) is 5.92 Å². The molecule has 0 saturated carbocycles. The number of ether oxygens (including phenoxy) is 1. The Hall–Kier alpha value is -0.120. The first-order valence-corrected chi connectivity index (χ1v) is 6.17. The van der Waals surface area contributed by atoms with Gasteiger partial charge in [-0.3, -0.25) is 0 Å². The molecule has 15 heavy (non-hydrogen) atoms. The number of rotatable bonds is 2. The highest BCUT2D eigenvalue weighted by molar-refractivity contribution is 4.85. The second-order valence-corrected chi connectivity index (χ2v) is 5.29. The summed E-state index contributed by atoms with van der Waals surface area (Å²) in [5.41, 5.74) is -0.418. The summed E-state index contributed by atoms with van der Waals surface area (Å²) >= 11 is 0. The van der Waals surface area contributed by atoms with Crippen LogP contribution in [0.15, 0.2) is 0 Å². The molecular weight excluding hydrogens is 190 g/mol. The predicted molar refractivity (Wildman–Crippen MR) is 59.8 cm³/mol. The normalized spacial score (nSPS) is 29.2. The van der Waals surface area contributed by atoms with Crippen LogP contribution in [-0.2, 0) is 4.74 Å². The summed E-state index contributed by atoms with van der Waals surface area (Å²) in [4.78, 5) is 2.38. The molecule has 1 N–H and O–H groups in total. The fraction of sp³-hybridized carbons (Fsp3) is 1.00. The molecule has 2 heterocycles. The molecule has 2 fully saturated rings. The molecular formula is C12H23NO2. The maximum atomic E-state index is 10.4. The van der Waals surface area contributed by atoms with E-state index in [0.29, 0.717) is 0 Å². The molecule has 0 spiro atoms. The van der Waals surface area contributed by atoms with E-state index in [-0.39, 0.29) is 0 Å². The van der Waals surface area contributed by atoms with Gasteiger partial charge in [-0.1, -0.05) is 0 Å². The Morgan fingerprint density at radius 1 is 1.27 bits per heavy atom. The number of likely N-dealkylation sites (tertiary alicyclic amines) is 1. The van der Waals surface area contributed by atoms with Crippen molar-refractivity contribution in [3.8, 4) is 0 Å². The highest BCUT2D eigenvalue weighted by atomic mass is 16.5. The van der Waals surface area contributed by atoms with Gasteiger partial charge < -0.3 is 14.7 Å². The summed E-state index contributed by atoms with van der Waals surface area (Å²) < 4.78 is 5.30. The zero-order chi connectivity index (χ0) is 10.7. The second kappa shape index (κ2) is 4.81. The molecule has 2 saturated heterocycles. The van der Waals surface area contributed by atoms with Gasteiger partial charge in [0.05, 0.1) is 5.60 Å². The molecule has 0 atom stereocenters. The van der Waals surface area contributed by atoms with Crippen molar-refractivity contribution in [3.63, 3.8) is 0 Å². The quantitative estimate of drug-likeness (QED) is 0.749. The van der Waals surface area contributed by atoms with Crippen molar-refractivity contribution < 1.29 is 9.84 Å². The van der Waals surface area contributed by atoms with Gasteiger partial charge in [-0.25, -0.2) is 0 Å². The van der Waals surface area contributed by atoms with E-state index in [2.05, 4.69) is 11.9 Å². The zero-order valence-electron chi connectivity index (χ0n) is 9.74. The van der Waals surface area contributed by atoms with Gasteiger partial charge in [-0.05, 0) is 58.2 Å². The van der Waals surface area contributed by atoms with Crippen molar-refractivity contribution >= 4 is 0 Å². The Morgan fingerprint density at radius 3 is 2.47 bits per heavy atom. The molecule has 0 bridgehead atoms. The maximum Gasteiger partial charge on any atom is 0.0694 e. The van der Waals surface area contributed by atoms with E-state index in [1.807, 2.05) is 0 Å². The van der Waals surface area contributed by atoms with Gasteiger partial charge in [0, 0.05) is 13.2 Å².